The Morgan fingerprint density at radius 2 is 0.268 bits per heavy atom. The van der Waals surface area contributed by atoms with E-state index in [1.54, 1.807) is 0 Å². The van der Waals surface area contributed by atoms with Crippen LogP contribution in [-0.4, -0.2) is 39.9 Å². The minimum absolute atomic E-state index is 0.150. The lowest BCUT2D eigenvalue weighted by atomic mass is 9.78. The van der Waals surface area contributed by atoms with Gasteiger partial charge in [0.2, 0.25) is 0 Å². The number of nitrogens with one attached hydrogen (secondary N) is 4. The van der Waals surface area contributed by atoms with Crippen LogP contribution in [0.5, 0.6) is 0 Å². The molecule has 0 saturated carbocycles. The standard InChI is InChI=1S/C132H150N8S2/c1-121(2,3)81-57-75(58-82(69-81)122(4,5)6)113-93-37-41-97(133-93)115(77-61-85(125(13,14)15)71-86(62-77)126(16,17)18)101-45-49-105(137-101)119(106-50-46-102(138-106)116(98-42-38-94(113)134-98)78-63-87(127(19,20)21)72-88(64-78)128(22,23)24)111-55-53-109(141-111)110-54-56-112(142-110)120-107-51-47-103(139-107)117(79-65-89(129(25,26)27)73-90(66-79)130(28,29)30)99-43-39-95(135-99)114(76-59-83(123(7,8)9)70-84(60-76)124(10,11)12)96-40-44-100(136-96)118(104-48-52-108(120)140-104)80-67-91(131(31,32)33)74-92(68-80)132(34,35)36/h37-74,133,135,138,140H,1-36H3. The van der Waals surface area contributed by atoms with Crippen molar-refractivity contribution in [1.82, 2.24) is 39.9 Å². The van der Waals surface area contributed by atoms with Gasteiger partial charge in [-0.1, -0.05) is 358 Å². The van der Waals surface area contributed by atoms with Gasteiger partial charge in [0.05, 0.1) is 45.6 Å². The van der Waals surface area contributed by atoms with Crippen molar-refractivity contribution in [2.45, 2.75) is 314 Å². The van der Waals surface area contributed by atoms with Crippen LogP contribution in [0.3, 0.4) is 0 Å². The molecule has 0 aliphatic carbocycles. The molecule has 0 radical (unpaired) electrons. The van der Waals surface area contributed by atoms with Gasteiger partial charge in [-0.2, -0.15) is 0 Å². The fourth-order valence-electron chi connectivity index (χ4n) is 19.8. The maximum atomic E-state index is 6.05. The third kappa shape index (κ3) is 19.9. The molecule has 730 valence electrons. The minimum Gasteiger partial charge on any atom is -0.354 e. The number of H-pyrrole nitrogens is 4. The van der Waals surface area contributed by atoms with E-state index in [9.17, 15) is 0 Å². The quantitative estimate of drug-likeness (QED) is 0.115. The smallest absolute Gasteiger partial charge is 0.0745 e. The Labute approximate surface area is 854 Å². The maximum Gasteiger partial charge on any atom is 0.0745 e. The highest BCUT2D eigenvalue weighted by Crippen LogP contribution is 2.52. The normalized spacial score (nSPS) is 13.8. The third-order valence-electron chi connectivity index (χ3n) is 29.2. The number of aromatic nitrogens is 8. The van der Waals surface area contributed by atoms with Crippen molar-refractivity contribution in [2.75, 3.05) is 0 Å². The second kappa shape index (κ2) is 34.9. The zero-order valence-electron chi connectivity index (χ0n) is 91.5. The van der Waals surface area contributed by atoms with Crippen molar-refractivity contribution >= 4 is 115 Å². The molecule has 10 heteroatoms. The minimum atomic E-state index is -0.168. The summed E-state index contributed by atoms with van der Waals surface area (Å²) >= 11 is 3.62. The van der Waals surface area contributed by atoms with E-state index in [1.807, 2.05) is 22.7 Å². The molecule has 0 saturated heterocycles. The molecule has 14 aromatic rings. The van der Waals surface area contributed by atoms with E-state index in [0.29, 0.717) is 0 Å². The van der Waals surface area contributed by atoms with Crippen LogP contribution in [0.25, 0.3) is 190 Å². The molecule has 0 unspecified atom stereocenters. The van der Waals surface area contributed by atoms with E-state index in [2.05, 4.69) is 500 Å². The van der Waals surface area contributed by atoms with Crippen LogP contribution in [0.2, 0.25) is 0 Å². The number of fused-ring (bicyclic) bond motifs is 16. The van der Waals surface area contributed by atoms with Gasteiger partial charge < -0.3 is 19.9 Å². The largest absolute Gasteiger partial charge is 0.354 e. The number of aromatic amines is 4. The average Bonchev–Trinajstić information content (AvgIpc) is 1.61. The van der Waals surface area contributed by atoms with Crippen LogP contribution < -0.4 is 0 Å². The first-order chi connectivity index (χ1) is 65.8. The Bertz CT molecular complexity index is 7160. The van der Waals surface area contributed by atoms with Crippen molar-refractivity contribution in [3.8, 4) is 97.4 Å². The van der Waals surface area contributed by atoms with E-state index in [-0.39, 0.29) is 65.0 Å². The summed E-state index contributed by atoms with van der Waals surface area (Å²) in [6, 6.07) is 71.3. The predicted molar refractivity (Wildman–Crippen MR) is 620 cm³/mol. The van der Waals surface area contributed by atoms with E-state index < -0.39 is 0 Å². The molecule has 12 heterocycles. The molecule has 0 spiro atoms. The van der Waals surface area contributed by atoms with E-state index in [4.69, 9.17) is 19.9 Å². The van der Waals surface area contributed by atoms with Gasteiger partial charge >= 0.3 is 0 Å². The van der Waals surface area contributed by atoms with Crippen molar-refractivity contribution < 1.29 is 0 Å². The first kappa shape index (κ1) is 100. The SMILES string of the molecule is CC(C)(C)c1cc(-c2c3nc(c(-c4cc(C(C)(C)C)cc(C(C)(C)C)c4)c4ccc([nH]4)c(-c4ccc(-c5ccc(-c6c7nc(c(-c8cc(C(C)(C)C)cc(C(C)(C)C)c8)c8ccc([nH]8)c(-c8cc(C(C)(C)C)cc(C(C)(C)C)c8)c8nc(c(-c9cc(C(C)(C)C)cc(C(C)(C)C)c9)c9ccc6[nH]9)C=C8)C=C7)s5)s4)c4nc(c(-c5cc(C(C)(C)C)cc(C(C)(C)C)c5)c5ccc2[nH]5)C=C4)C=C3)cc(C(C)(C)C)c1. The Morgan fingerprint density at radius 3 is 0.401 bits per heavy atom. The molecule has 18 rings (SSSR count). The summed E-state index contributed by atoms with van der Waals surface area (Å²) in [4.78, 5) is 45.4. The van der Waals surface area contributed by atoms with Crippen molar-refractivity contribution in [2.24, 2.45) is 0 Å². The third-order valence-corrected chi connectivity index (χ3v) is 31.6. The zero-order chi connectivity index (χ0) is 102. The summed E-state index contributed by atoms with van der Waals surface area (Å²) < 4.78 is 0. The summed E-state index contributed by atoms with van der Waals surface area (Å²) in [5, 5.41) is 0. The van der Waals surface area contributed by atoms with Gasteiger partial charge in [0, 0.05) is 108 Å². The Morgan fingerprint density at radius 1 is 0.148 bits per heavy atom. The first-order valence-corrected chi connectivity index (χ1v) is 53.0. The molecule has 4 N–H and O–H groups in total. The molecular formula is C132H150N8S2. The highest BCUT2D eigenvalue weighted by Gasteiger charge is 2.34. The molecule has 6 aromatic carbocycles. The van der Waals surface area contributed by atoms with Gasteiger partial charge in [-0.3, -0.25) is 0 Å². The van der Waals surface area contributed by atoms with Gasteiger partial charge in [0.1, 0.15) is 0 Å². The highest BCUT2D eigenvalue weighted by atomic mass is 32.1. The molecule has 0 fully saturated rings. The molecular weight excluding hydrogens is 1760 g/mol. The molecule has 4 aliphatic rings. The molecule has 4 aliphatic heterocycles. The van der Waals surface area contributed by atoms with E-state index in [0.717, 1.165) is 187 Å². The number of benzene rings is 6. The monoisotopic (exact) mass is 1910 g/mol. The number of nitrogens with zero attached hydrogens (tertiary/aromatic N) is 4. The predicted octanol–water partition coefficient (Wildman–Crippen LogP) is 38.3. The summed E-state index contributed by atoms with van der Waals surface area (Å²) in [7, 11) is 0. The second-order valence-electron chi connectivity index (χ2n) is 53.1. The molecule has 8 aromatic heterocycles. The number of rotatable bonds is 9. The Hall–Kier alpha value is -12.1. The lowest BCUT2D eigenvalue weighted by Crippen LogP contribution is -2.16. The second-order valence-corrected chi connectivity index (χ2v) is 55.3. The van der Waals surface area contributed by atoms with Gasteiger partial charge in [0.15, 0.2) is 0 Å². The van der Waals surface area contributed by atoms with Gasteiger partial charge in [-0.25, -0.2) is 19.9 Å². The lowest BCUT2D eigenvalue weighted by molar-refractivity contribution is 0.568. The van der Waals surface area contributed by atoms with Gasteiger partial charge in [0.25, 0.3) is 0 Å². The summed E-state index contributed by atoms with van der Waals surface area (Å²) in [6.07, 6.45) is 18.1. The van der Waals surface area contributed by atoms with Crippen molar-refractivity contribution in [3.05, 3.63) is 294 Å². The number of hydrogen-bond acceptors (Lipinski definition) is 6. The van der Waals surface area contributed by atoms with Crippen LogP contribution in [0.15, 0.2) is 182 Å². The topological polar surface area (TPSA) is 115 Å². The van der Waals surface area contributed by atoms with Crippen molar-refractivity contribution in [1.29, 1.82) is 0 Å². The summed E-state index contributed by atoms with van der Waals surface area (Å²) in [5.41, 5.74) is 42.8. The Balaban J connectivity index is 0.921. The van der Waals surface area contributed by atoms with Crippen LogP contribution in [0.4, 0.5) is 0 Å². The fraction of sp³-hybridized carbons (Fsp3) is 0.364. The average molecular weight is 1910 g/mol. The first-order valence-electron chi connectivity index (χ1n) is 51.4. The Kier molecular flexibility index (Phi) is 24.6. The molecule has 16 bridgehead atoms. The summed E-state index contributed by atoms with van der Waals surface area (Å²) in [6.45, 7) is 84.0. The zero-order valence-corrected chi connectivity index (χ0v) is 93.2. The van der Waals surface area contributed by atoms with Crippen LogP contribution in [0.1, 0.15) is 362 Å². The number of hydrogen-bond donors (Lipinski definition) is 4. The van der Waals surface area contributed by atoms with Gasteiger partial charge in [-0.15, -0.1) is 22.7 Å². The van der Waals surface area contributed by atoms with E-state index >= 15 is 0 Å². The van der Waals surface area contributed by atoms with Gasteiger partial charge in [-0.05, 0) is 287 Å². The van der Waals surface area contributed by atoms with Crippen LogP contribution in [-0.2, 0) is 65.0 Å². The summed E-state index contributed by atoms with van der Waals surface area (Å²) in [5.74, 6) is 0. The highest BCUT2D eigenvalue weighted by molar-refractivity contribution is 7.25. The molecule has 8 nitrogen and oxygen atoms in total. The van der Waals surface area contributed by atoms with Crippen molar-refractivity contribution in [3.63, 3.8) is 0 Å². The lowest BCUT2D eigenvalue weighted by Gasteiger charge is -2.26. The maximum absolute atomic E-state index is 6.05. The van der Waals surface area contributed by atoms with Crippen LogP contribution >= 0.6 is 22.7 Å². The molecule has 142 heavy (non-hydrogen) atoms. The van der Waals surface area contributed by atoms with E-state index in [1.165, 1.54) is 66.8 Å². The molecule has 0 atom stereocenters. The van der Waals surface area contributed by atoms with Crippen LogP contribution in [0, 0.1) is 0 Å². The molecule has 0 amide bonds. The fourth-order valence-corrected chi connectivity index (χ4v) is 22.0. The number of thiophene rings is 2.